The molecule has 3 N–H and O–H groups in total. The average Bonchev–Trinajstić information content (AvgIpc) is 3.10. The fourth-order valence-corrected chi connectivity index (χ4v) is 3.50. The first-order valence-electron chi connectivity index (χ1n) is 7.12. The third-order valence-electron chi connectivity index (χ3n) is 3.33. The normalized spacial score (nSPS) is 12.4. The van der Waals surface area contributed by atoms with Crippen LogP contribution in [0.25, 0.3) is 0 Å². The molecule has 1 aliphatic rings. The number of hydrazine groups is 1. The van der Waals surface area contributed by atoms with Crippen LogP contribution >= 0.6 is 23.6 Å². The maximum atomic E-state index is 12.0. The number of carbonyl (C=O) groups excluding carboxylic acids is 2. The van der Waals surface area contributed by atoms with Gasteiger partial charge in [0.05, 0.1) is 12.0 Å². The second kappa shape index (κ2) is 8.09. The van der Waals surface area contributed by atoms with E-state index in [1.54, 1.807) is 11.3 Å². The van der Waals surface area contributed by atoms with E-state index >= 15 is 0 Å². The minimum Gasteiger partial charge on any atom is -0.469 e. The molecule has 0 saturated carbocycles. The van der Waals surface area contributed by atoms with Crippen molar-refractivity contribution in [3.8, 4) is 0 Å². The van der Waals surface area contributed by atoms with Crippen molar-refractivity contribution >= 4 is 40.5 Å². The van der Waals surface area contributed by atoms with Crippen LogP contribution in [0.1, 0.15) is 39.4 Å². The Labute approximate surface area is 138 Å². The highest BCUT2D eigenvalue weighted by molar-refractivity contribution is 7.80. The van der Waals surface area contributed by atoms with Crippen LogP contribution in [-0.2, 0) is 22.4 Å². The van der Waals surface area contributed by atoms with Gasteiger partial charge in [0.1, 0.15) is 0 Å². The van der Waals surface area contributed by atoms with Gasteiger partial charge < -0.3 is 10.1 Å². The minimum absolute atomic E-state index is 0.182. The molecule has 120 valence electrons. The zero-order valence-electron chi connectivity index (χ0n) is 12.4. The molecule has 1 aromatic rings. The fraction of sp³-hybridized carbons (Fsp3) is 0.500. The molecule has 0 radical (unpaired) electrons. The Bertz CT molecular complexity index is 550. The summed E-state index contributed by atoms with van der Waals surface area (Å²) in [5.41, 5.74) is 6.52. The first-order chi connectivity index (χ1) is 10.6. The van der Waals surface area contributed by atoms with E-state index in [0.29, 0.717) is 29.4 Å². The van der Waals surface area contributed by atoms with Crippen LogP contribution in [0.4, 0.5) is 0 Å². The summed E-state index contributed by atoms with van der Waals surface area (Å²) < 4.78 is 4.54. The molecule has 22 heavy (non-hydrogen) atoms. The third-order valence-corrected chi connectivity index (χ3v) is 4.81. The number of amides is 1. The van der Waals surface area contributed by atoms with Gasteiger partial charge in [0.15, 0.2) is 5.11 Å². The largest absolute Gasteiger partial charge is 0.469 e. The van der Waals surface area contributed by atoms with Crippen LogP contribution in [-0.4, -0.2) is 30.6 Å². The molecule has 0 bridgehead atoms. The number of hydrogen-bond donors (Lipinski definition) is 3. The van der Waals surface area contributed by atoms with Crippen LogP contribution in [0.15, 0.2) is 6.07 Å². The molecule has 0 unspecified atom stereocenters. The summed E-state index contributed by atoms with van der Waals surface area (Å²) in [7, 11) is 1.36. The number of ether oxygens (including phenoxy) is 1. The molecular weight excluding hydrogens is 322 g/mol. The number of thiophene rings is 1. The average molecular weight is 341 g/mol. The van der Waals surface area contributed by atoms with E-state index in [1.807, 2.05) is 6.07 Å². The van der Waals surface area contributed by atoms with E-state index in [4.69, 9.17) is 12.2 Å². The lowest BCUT2D eigenvalue weighted by molar-refractivity contribution is -0.140. The third kappa shape index (κ3) is 4.67. The minimum atomic E-state index is -0.250. The maximum Gasteiger partial charge on any atom is 0.305 e. The van der Waals surface area contributed by atoms with Crippen molar-refractivity contribution in [1.82, 2.24) is 16.2 Å². The van der Waals surface area contributed by atoms with Gasteiger partial charge in [0.25, 0.3) is 5.91 Å². The van der Waals surface area contributed by atoms with Crippen molar-refractivity contribution in [3.63, 3.8) is 0 Å². The molecule has 6 nitrogen and oxygen atoms in total. The van der Waals surface area contributed by atoms with E-state index in [0.717, 1.165) is 12.8 Å². The number of methoxy groups -OCH3 is 1. The van der Waals surface area contributed by atoms with E-state index in [2.05, 4.69) is 20.9 Å². The predicted molar refractivity (Wildman–Crippen MR) is 88.8 cm³/mol. The summed E-state index contributed by atoms with van der Waals surface area (Å²) in [6.45, 7) is 0.532. The van der Waals surface area contributed by atoms with Gasteiger partial charge in [-0.2, -0.15) is 0 Å². The number of thiocarbonyl (C=S) groups is 1. The highest BCUT2D eigenvalue weighted by Gasteiger charge is 2.18. The van der Waals surface area contributed by atoms with E-state index in [-0.39, 0.29) is 11.9 Å². The number of hydrogen-bond acceptors (Lipinski definition) is 5. The van der Waals surface area contributed by atoms with Gasteiger partial charge in [0.2, 0.25) is 0 Å². The maximum absolute atomic E-state index is 12.0. The van der Waals surface area contributed by atoms with E-state index in [9.17, 15) is 9.59 Å². The fourth-order valence-electron chi connectivity index (χ4n) is 2.20. The quantitative estimate of drug-likeness (QED) is 0.324. The summed E-state index contributed by atoms with van der Waals surface area (Å²) in [4.78, 5) is 24.9. The molecule has 0 atom stereocenters. The van der Waals surface area contributed by atoms with Gasteiger partial charge in [-0.25, -0.2) is 0 Å². The predicted octanol–water partition coefficient (Wildman–Crippen LogP) is 1.30. The molecule has 0 saturated heterocycles. The summed E-state index contributed by atoms with van der Waals surface area (Å²) in [6.07, 6.45) is 4.26. The summed E-state index contributed by atoms with van der Waals surface area (Å²) in [5.74, 6) is -0.433. The van der Waals surface area contributed by atoms with Crippen molar-refractivity contribution in [3.05, 3.63) is 21.4 Å². The second-order valence-electron chi connectivity index (χ2n) is 4.93. The Morgan fingerprint density at radius 3 is 2.91 bits per heavy atom. The van der Waals surface area contributed by atoms with Crippen LogP contribution in [0.5, 0.6) is 0 Å². The monoisotopic (exact) mass is 341 g/mol. The van der Waals surface area contributed by atoms with Crippen molar-refractivity contribution in [2.24, 2.45) is 0 Å². The van der Waals surface area contributed by atoms with Crippen molar-refractivity contribution in [1.29, 1.82) is 0 Å². The number of aryl methyl sites for hydroxylation is 2. The van der Waals surface area contributed by atoms with Crippen LogP contribution < -0.4 is 16.2 Å². The highest BCUT2D eigenvalue weighted by Crippen LogP contribution is 2.30. The van der Waals surface area contributed by atoms with Crippen LogP contribution in [0.3, 0.4) is 0 Å². The summed E-state index contributed by atoms with van der Waals surface area (Å²) in [5, 5.41) is 3.23. The number of rotatable bonds is 5. The SMILES string of the molecule is COC(=O)CCCNC(=S)NNC(=O)c1cc2c(s1)CCC2. The Balaban J connectivity index is 1.65. The number of nitrogens with one attached hydrogen (secondary N) is 3. The van der Waals surface area contributed by atoms with Gasteiger partial charge in [-0.05, 0) is 49.5 Å². The highest BCUT2D eigenvalue weighted by atomic mass is 32.1. The van der Waals surface area contributed by atoms with Gasteiger partial charge in [-0.15, -0.1) is 11.3 Å². The molecule has 0 spiro atoms. The van der Waals surface area contributed by atoms with Crippen LogP contribution in [0.2, 0.25) is 0 Å². The molecule has 8 heteroatoms. The van der Waals surface area contributed by atoms with Gasteiger partial charge >= 0.3 is 5.97 Å². The molecule has 0 aliphatic heterocycles. The molecule has 1 aromatic heterocycles. The lowest BCUT2D eigenvalue weighted by atomic mass is 10.2. The summed E-state index contributed by atoms with van der Waals surface area (Å²) >= 11 is 6.59. The number of carbonyl (C=O) groups is 2. The van der Waals surface area contributed by atoms with Gasteiger partial charge in [-0.1, -0.05) is 0 Å². The Morgan fingerprint density at radius 1 is 1.36 bits per heavy atom. The number of esters is 1. The molecule has 0 fully saturated rings. The Kier molecular flexibility index (Phi) is 6.14. The molecule has 0 aromatic carbocycles. The van der Waals surface area contributed by atoms with E-state index < -0.39 is 0 Å². The molecule has 2 rings (SSSR count). The standard InChI is InChI=1S/C14H19N3O3S2/c1-20-12(18)6-3-7-15-14(21)17-16-13(19)11-8-9-4-2-5-10(9)22-11/h8H,2-7H2,1H3,(H,16,19)(H2,15,17,21). The lowest BCUT2D eigenvalue weighted by Gasteiger charge is -2.10. The van der Waals surface area contributed by atoms with E-state index in [1.165, 1.54) is 24.0 Å². The summed E-state index contributed by atoms with van der Waals surface area (Å²) in [6, 6.07) is 1.96. The van der Waals surface area contributed by atoms with Crippen molar-refractivity contribution in [2.45, 2.75) is 32.1 Å². The first kappa shape index (κ1) is 16.7. The topological polar surface area (TPSA) is 79.5 Å². The van der Waals surface area contributed by atoms with Crippen LogP contribution in [0, 0.1) is 0 Å². The second-order valence-corrected chi connectivity index (χ2v) is 6.47. The van der Waals surface area contributed by atoms with Gasteiger partial charge in [-0.3, -0.25) is 20.4 Å². The Morgan fingerprint density at radius 2 is 2.18 bits per heavy atom. The zero-order chi connectivity index (χ0) is 15.9. The molecule has 1 heterocycles. The molecule has 1 amide bonds. The number of fused-ring (bicyclic) bond motifs is 1. The first-order valence-corrected chi connectivity index (χ1v) is 8.35. The zero-order valence-corrected chi connectivity index (χ0v) is 14.0. The Hall–Kier alpha value is -1.67. The van der Waals surface area contributed by atoms with Crippen molar-refractivity contribution in [2.75, 3.05) is 13.7 Å². The molecule has 1 aliphatic carbocycles. The molecular formula is C14H19N3O3S2. The van der Waals surface area contributed by atoms with Crippen molar-refractivity contribution < 1.29 is 14.3 Å². The van der Waals surface area contributed by atoms with Gasteiger partial charge in [0, 0.05) is 17.8 Å². The lowest BCUT2D eigenvalue weighted by Crippen LogP contribution is -2.46. The smallest absolute Gasteiger partial charge is 0.305 e.